The van der Waals surface area contributed by atoms with E-state index in [0.29, 0.717) is 21.9 Å². The molecule has 0 saturated carbocycles. The molecule has 0 aromatic heterocycles. The summed E-state index contributed by atoms with van der Waals surface area (Å²) in [7, 11) is 0. The maximum Gasteiger partial charge on any atom is 0.343 e. The van der Waals surface area contributed by atoms with Gasteiger partial charge in [-0.3, -0.25) is 4.79 Å². The molecule has 0 heterocycles. The molecule has 0 radical (unpaired) electrons. The molecular formula is C22H15Br2ClN2O4. The predicted molar refractivity (Wildman–Crippen MR) is 126 cm³/mol. The van der Waals surface area contributed by atoms with E-state index >= 15 is 0 Å². The van der Waals surface area contributed by atoms with Crippen LogP contribution in [0, 0.1) is 0 Å². The Labute approximate surface area is 200 Å². The van der Waals surface area contributed by atoms with E-state index in [9.17, 15) is 9.59 Å². The van der Waals surface area contributed by atoms with E-state index in [2.05, 4.69) is 42.4 Å². The van der Waals surface area contributed by atoms with Crippen molar-refractivity contribution in [2.45, 2.75) is 0 Å². The second-order valence-electron chi connectivity index (χ2n) is 6.11. The molecule has 0 aliphatic carbocycles. The van der Waals surface area contributed by atoms with Crippen LogP contribution in [0.4, 0.5) is 0 Å². The molecule has 0 spiro atoms. The largest absolute Gasteiger partial charge is 0.484 e. The molecule has 0 fully saturated rings. The van der Waals surface area contributed by atoms with Crippen molar-refractivity contribution in [2.75, 3.05) is 6.61 Å². The van der Waals surface area contributed by atoms with E-state index < -0.39 is 11.9 Å². The van der Waals surface area contributed by atoms with Crippen molar-refractivity contribution in [3.05, 3.63) is 91.8 Å². The van der Waals surface area contributed by atoms with E-state index in [1.807, 2.05) is 12.1 Å². The summed E-state index contributed by atoms with van der Waals surface area (Å²) in [5.74, 6) is -0.132. The van der Waals surface area contributed by atoms with E-state index in [1.165, 1.54) is 6.21 Å². The van der Waals surface area contributed by atoms with Crippen molar-refractivity contribution >= 4 is 61.6 Å². The molecule has 9 heteroatoms. The van der Waals surface area contributed by atoms with Gasteiger partial charge >= 0.3 is 5.97 Å². The van der Waals surface area contributed by atoms with Gasteiger partial charge in [-0.25, -0.2) is 10.2 Å². The maximum absolute atomic E-state index is 12.4. The fraction of sp³-hybridized carbons (Fsp3) is 0.0455. The summed E-state index contributed by atoms with van der Waals surface area (Å²) in [6, 6.07) is 18.5. The van der Waals surface area contributed by atoms with E-state index in [1.54, 1.807) is 54.6 Å². The fourth-order valence-corrected chi connectivity index (χ4v) is 3.11. The first-order valence-electron chi connectivity index (χ1n) is 8.88. The van der Waals surface area contributed by atoms with Crippen LogP contribution in [0.2, 0.25) is 5.02 Å². The lowest BCUT2D eigenvalue weighted by atomic mass is 10.2. The molecule has 0 unspecified atom stereocenters. The summed E-state index contributed by atoms with van der Waals surface area (Å²) in [5, 5.41) is 4.44. The van der Waals surface area contributed by atoms with Crippen LogP contribution < -0.4 is 14.9 Å². The van der Waals surface area contributed by atoms with Crippen molar-refractivity contribution in [1.82, 2.24) is 5.43 Å². The number of amides is 1. The lowest BCUT2D eigenvalue weighted by Gasteiger charge is -2.08. The maximum atomic E-state index is 12.4. The number of carbonyl (C=O) groups is 2. The Morgan fingerprint density at radius 2 is 1.65 bits per heavy atom. The highest BCUT2D eigenvalue weighted by Gasteiger charge is 2.12. The number of ether oxygens (including phenoxy) is 2. The topological polar surface area (TPSA) is 77.0 Å². The molecule has 1 amide bonds. The highest BCUT2D eigenvalue weighted by atomic mass is 79.9. The van der Waals surface area contributed by atoms with Crippen LogP contribution in [0.1, 0.15) is 15.9 Å². The zero-order valence-electron chi connectivity index (χ0n) is 15.8. The van der Waals surface area contributed by atoms with Crippen molar-refractivity contribution in [3.63, 3.8) is 0 Å². The van der Waals surface area contributed by atoms with E-state index in [4.69, 9.17) is 21.1 Å². The minimum atomic E-state index is -0.541. The summed E-state index contributed by atoms with van der Waals surface area (Å²) < 4.78 is 12.5. The monoisotopic (exact) mass is 564 g/mol. The van der Waals surface area contributed by atoms with Crippen LogP contribution in [0.5, 0.6) is 11.5 Å². The van der Waals surface area contributed by atoms with Gasteiger partial charge in [0.1, 0.15) is 11.5 Å². The number of hydrogen-bond acceptors (Lipinski definition) is 5. The third kappa shape index (κ3) is 7.20. The molecule has 0 aliphatic heterocycles. The van der Waals surface area contributed by atoms with Gasteiger partial charge in [0, 0.05) is 19.5 Å². The normalized spacial score (nSPS) is 10.7. The molecule has 1 N–H and O–H groups in total. The highest BCUT2D eigenvalue weighted by molar-refractivity contribution is 9.10. The first-order valence-corrected chi connectivity index (χ1v) is 10.8. The summed E-state index contributed by atoms with van der Waals surface area (Å²) >= 11 is 12.5. The zero-order valence-corrected chi connectivity index (χ0v) is 19.8. The van der Waals surface area contributed by atoms with Crippen molar-refractivity contribution < 1.29 is 19.1 Å². The number of nitrogens with one attached hydrogen (secondary N) is 1. The number of carbonyl (C=O) groups excluding carboxylic acids is 2. The third-order valence-corrected chi connectivity index (χ3v) is 5.10. The summed E-state index contributed by atoms with van der Waals surface area (Å²) in [6.07, 6.45) is 1.38. The van der Waals surface area contributed by atoms with Crippen LogP contribution in [0.25, 0.3) is 0 Å². The second-order valence-corrected chi connectivity index (χ2v) is 8.38. The van der Waals surface area contributed by atoms with Crippen molar-refractivity contribution in [1.29, 1.82) is 0 Å². The lowest BCUT2D eigenvalue weighted by Crippen LogP contribution is -2.24. The van der Waals surface area contributed by atoms with Crippen LogP contribution in [-0.2, 0) is 4.79 Å². The number of nitrogens with zero attached hydrogens (tertiary/aromatic N) is 1. The Morgan fingerprint density at radius 1 is 0.968 bits per heavy atom. The van der Waals surface area contributed by atoms with Gasteiger partial charge in [0.15, 0.2) is 6.61 Å². The third-order valence-electron chi connectivity index (χ3n) is 3.83. The number of benzene rings is 3. The van der Waals surface area contributed by atoms with Crippen molar-refractivity contribution in [3.8, 4) is 11.5 Å². The Hall–Kier alpha value is -2.68. The minimum absolute atomic E-state index is 0.199. The number of hydrazone groups is 1. The first kappa shape index (κ1) is 23.0. The molecule has 3 aromatic rings. The van der Waals surface area contributed by atoms with Crippen LogP contribution in [0.3, 0.4) is 0 Å². The van der Waals surface area contributed by atoms with Gasteiger partial charge in [-0.05, 0) is 66.7 Å². The average Bonchev–Trinajstić information content (AvgIpc) is 2.75. The number of halogens is 3. The molecule has 3 rings (SSSR count). The van der Waals surface area contributed by atoms with E-state index in [0.717, 1.165) is 8.95 Å². The Balaban J connectivity index is 1.61. The molecule has 0 saturated heterocycles. The summed E-state index contributed by atoms with van der Waals surface area (Å²) in [4.78, 5) is 24.3. The lowest BCUT2D eigenvalue weighted by molar-refractivity contribution is -0.123. The van der Waals surface area contributed by atoms with Gasteiger partial charge < -0.3 is 9.47 Å². The Bertz CT molecular complexity index is 1100. The smallest absolute Gasteiger partial charge is 0.343 e. The molecule has 3 aromatic carbocycles. The first-order chi connectivity index (χ1) is 14.9. The minimum Gasteiger partial charge on any atom is -0.484 e. The van der Waals surface area contributed by atoms with Gasteiger partial charge in [0.05, 0.1) is 11.8 Å². The van der Waals surface area contributed by atoms with Gasteiger partial charge in [-0.2, -0.15) is 5.10 Å². The van der Waals surface area contributed by atoms with Crippen LogP contribution in [0.15, 0.2) is 80.8 Å². The standard InChI is InChI=1S/C22H15Br2ClN2O4/c23-16-3-8-19(9-4-16)30-13-21(28)27-26-12-15-11-17(24)5-10-20(15)31-22(29)14-1-6-18(25)7-2-14/h1-12H,13H2,(H,27,28)/b26-12-. The van der Waals surface area contributed by atoms with Crippen LogP contribution >= 0.6 is 43.5 Å². The van der Waals surface area contributed by atoms with Crippen molar-refractivity contribution in [2.24, 2.45) is 5.10 Å². The van der Waals surface area contributed by atoms with E-state index in [-0.39, 0.29) is 12.4 Å². The SMILES string of the molecule is O=C(COc1ccc(Br)cc1)N/N=C\c1cc(Br)ccc1OC(=O)c1ccc(Cl)cc1. The predicted octanol–water partition coefficient (Wildman–Crippen LogP) is 5.61. The molecule has 0 bridgehead atoms. The second kappa shape index (κ2) is 11.1. The molecule has 6 nitrogen and oxygen atoms in total. The van der Waals surface area contributed by atoms with Gasteiger partial charge in [0.25, 0.3) is 5.91 Å². The van der Waals surface area contributed by atoms with Gasteiger partial charge in [0.2, 0.25) is 0 Å². The fourth-order valence-electron chi connectivity index (χ4n) is 2.34. The Kier molecular flexibility index (Phi) is 8.22. The average molecular weight is 567 g/mol. The molecule has 0 atom stereocenters. The Morgan fingerprint density at radius 3 is 2.35 bits per heavy atom. The molecule has 0 aliphatic rings. The molecular weight excluding hydrogens is 552 g/mol. The van der Waals surface area contributed by atoms with Gasteiger partial charge in [-0.1, -0.05) is 43.5 Å². The van der Waals surface area contributed by atoms with Crippen LogP contribution in [-0.4, -0.2) is 24.7 Å². The van der Waals surface area contributed by atoms with Gasteiger partial charge in [-0.15, -0.1) is 0 Å². The summed E-state index contributed by atoms with van der Waals surface area (Å²) in [5.41, 5.74) is 3.22. The quantitative estimate of drug-likeness (QED) is 0.175. The number of esters is 1. The zero-order chi connectivity index (χ0) is 22.2. The number of rotatable bonds is 7. The molecule has 31 heavy (non-hydrogen) atoms. The number of hydrogen-bond donors (Lipinski definition) is 1. The highest BCUT2D eigenvalue weighted by Crippen LogP contribution is 2.23. The summed E-state index contributed by atoms with van der Waals surface area (Å²) in [6.45, 7) is -0.199. The molecule has 158 valence electrons.